The average Bonchev–Trinajstić information content (AvgIpc) is 3.06. The van der Waals surface area contributed by atoms with Gasteiger partial charge in [-0.05, 0) is 24.6 Å². The lowest BCUT2D eigenvalue weighted by molar-refractivity contribution is -0.158. The standard InChI is InChI=1S/C17H15F6N3O3S/c1-2-28-14(27)6-11-8-30-15(25-11)26-24-7-10-3-4-12(17(21,22)23)13(5-10)29-9-16(18,19)20/h3-5,7-8H,2,6,9H2,1H3,(H,25,26). The van der Waals surface area contributed by atoms with Crippen LogP contribution in [0, 0.1) is 0 Å². The van der Waals surface area contributed by atoms with Crippen LogP contribution < -0.4 is 10.2 Å². The number of hydrogen-bond acceptors (Lipinski definition) is 7. The number of alkyl halides is 6. The van der Waals surface area contributed by atoms with E-state index in [2.05, 4.69) is 20.2 Å². The van der Waals surface area contributed by atoms with Gasteiger partial charge in [-0.2, -0.15) is 31.4 Å². The minimum Gasteiger partial charge on any atom is -0.483 e. The van der Waals surface area contributed by atoms with E-state index in [0.29, 0.717) is 16.9 Å². The Morgan fingerprint density at radius 3 is 2.63 bits per heavy atom. The summed E-state index contributed by atoms with van der Waals surface area (Å²) in [5.74, 6) is -1.41. The number of nitrogens with zero attached hydrogens (tertiary/aromatic N) is 2. The molecule has 13 heteroatoms. The van der Waals surface area contributed by atoms with Crippen LogP contribution >= 0.6 is 11.3 Å². The summed E-state index contributed by atoms with van der Waals surface area (Å²) in [6, 6.07) is 2.43. The number of esters is 1. The lowest BCUT2D eigenvalue weighted by Gasteiger charge is -2.15. The van der Waals surface area contributed by atoms with Crippen LogP contribution in [0.3, 0.4) is 0 Å². The van der Waals surface area contributed by atoms with Crippen LogP contribution in [0.2, 0.25) is 0 Å². The zero-order chi connectivity index (χ0) is 22.4. The lowest BCUT2D eigenvalue weighted by Crippen LogP contribution is -2.21. The molecule has 164 valence electrons. The maximum Gasteiger partial charge on any atom is 0.422 e. The molecule has 0 saturated carbocycles. The van der Waals surface area contributed by atoms with Gasteiger partial charge in [-0.1, -0.05) is 6.07 Å². The van der Waals surface area contributed by atoms with Gasteiger partial charge in [0.05, 0.1) is 30.5 Å². The van der Waals surface area contributed by atoms with Crippen molar-refractivity contribution in [3.63, 3.8) is 0 Å². The van der Waals surface area contributed by atoms with Crippen LogP contribution in [0.4, 0.5) is 31.5 Å². The molecule has 2 rings (SSSR count). The van der Waals surface area contributed by atoms with Crippen molar-refractivity contribution >= 4 is 28.7 Å². The van der Waals surface area contributed by atoms with E-state index in [4.69, 9.17) is 4.74 Å². The van der Waals surface area contributed by atoms with Gasteiger partial charge in [0.1, 0.15) is 5.75 Å². The van der Waals surface area contributed by atoms with Gasteiger partial charge in [0, 0.05) is 5.38 Å². The van der Waals surface area contributed by atoms with E-state index in [1.165, 1.54) is 0 Å². The third-order valence-corrected chi connectivity index (χ3v) is 4.05. The van der Waals surface area contributed by atoms with Gasteiger partial charge in [0.2, 0.25) is 5.13 Å². The Bertz CT molecular complexity index is 896. The molecule has 0 saturated heterocycles. The molecular weight excluding hydrogens is 440 g/mol. The zero-order valence-electron chi connectivity index (χ0n) is 15.3. The highest BCUT2D eigenvalue weighted by Gasteiger charge is 2.36. The molecule has 0 aliphatic heterocycles. The molecule has 0 amide bonds. The molecule has 0 atom stereocenters. The largest absolute Gasteiger partial charge is 0.483 e. The average molecular weight is 455 g/mol. The molecule has 0 spiro atoms. The Hall–Kier alpha value is -2.83. The molecule has 0 aliphatic rings. The molecule has 30 heavy (non-hydrogen) atoms. The summed E-state index contributed by atoms with van der Waals surface area (Å²) in [6.07, 6.45) is -8.62. The molecule has 0 fully saturated rings. The van der Waals surface area contributed by atoms with Crippen LogP contribution in [-0.4, -0.2) is 36.6 Å². The van der Waals surface area contributed by atoms with E-state index < -0.39 is 36.2 Å². The van der Waals surface area contributed by atoms with Crippen molar-refractivity contribution in [3.8, 4) is 5.75 Å². The highest BCUT2D eigenvalue weighted by molar-refractivity contribution is 7.13. The fourth-order valence-electron chi connectivity index (χ4n) is 2.09. The Labute approximate surface area is 170 Å². The Morgan fingerprint density at radius 2 is 2.00 bits per heavy atom. The smallest absolute Gasteiger partial charge is 0.422 e. The number of benzene rings is 1. The first-order valence-electron chi connectivity index (χ1n) is 8.28. The van der Waals surface area contributed by atoms with E-state index in [9.17, 15) is 31.1 Å². The maximum atomic E-state index is 13.0. The molecule has 2 aromatic rings. The van der Waals surface area contributed by atoms with E-state index in [1.807, 2.05) is 0 Å². The number of halogens is 6. The van der Waals surface area contributed by atoms with Crippen molar-refractivity contribution in [1.82, 2.24) is 4.98 Å². The lowest BCUT2D eigenvalue weighted by atomic mass is 10.1. The van der Waals surface area contributed by atoms with E-state index in [0.717, 1.165) is 29.7 Å². The van der Waals surface area contributed by atoms with Crippen molar-refractivity contribution in [2.45, 2.75) is 25.7 Å². The SMILES string of the molecule is CCOC(=O)Cc1csc(NN=Cc2ccc(C(F)(F)F)c(OCC(F)(F)F)c2)n1. The number of nitrogens with one attached hydrogen (secondary N) is 1. The van der Waals surface area contributed by atoms with Gasteiger partial charge in [-0.15, -0.1) is 11.3 Å². The number of hydrazone groups is 1. The van der Waals surface area contributed by atoms with E-state index in [-0.39, 0.29) is 18.6 Å². The molecule has 6 nitrogen and oxygen atoms in total. The number of hydrogen-bond donors (Lipinski definition) is 1. The highest BCUT2D eigenvalue weighted by atomic mass is 32.1. The third-order valence-electron chi connectivity index (χ3n) is 3.26. The second-order valence-corrected chi connectivity index (χ2v) is 6.51. The first-order valence-corrected chi connectivity index (χ1v) is 9.16. The Kier molecular flexibility index (Phi) is 7.65. The highest BCUT2D eigenvalue weighted by Crippen LogP contribution is 2.37. The summed E-state index contributed by atoms with van der Waals surface area (Å²) in [5.41, 5.74) is 1.69. The van der Waals surface area contributed by atoms with Crippen molar-refractivity contribution in [3.05, 3.63) is 40.4 Å². The van der Waals surface area contributed by atoms with Crippen LogP contribution in [0.1, 0.15) is 23.7 Å². The molecule has 0 bridgehead atoms. The van der Waals surface area contributed by atoms with Crippen molar-refractivity contribution in [2.24, 2.45) is 5.10 Å². The quantitative estimate of drug-likeness (QED) is 0.272. The van der Waals surface area contributed by atoms with Crippen LogP contribution in [0.15, 0.2) is 28.7 Å². The van der Waals surface area contributed by atoms with Gasteiger partial charge in [-0.3, -0.25) is 10.2 Å². The van der Waals surface area contributed by atoms with Gasteiger partial charge in [0.25, 0.3) is 0 Å². The van der Waals surface area contributed by atoms with Crippen LogP contribution in [0.5, 0.6) is 5.75 Å². The predicted molar refractivity (Wildman–Crippen MR) is 96.7 cm³/mol. The molecule has 0 unspecified atom stereocenters. The molecule has 1 heterocycles. The Morgan fingerprint density at radius 1 is 1.27 bits per heavy atom. The van der Waals surface area contributed by atoms with Crippen molar-refractivity contribution < 1.29 is 40.6 Å². The van der Waals surface area contributed by atoms with Gasteiger partial charge >= 0.3 is 18.3 Å². The molecule has 1 aromatic carbocycles. The third kappa shape index (κ3) is 7.54. The Balaban J connectivity index is 2.08. The number of thiazole rings is 1. The van der Waals surface area contributed by atoms with Crippen LogP contribution in [0.25, 0.3) is 0 Å². The van der Waals surface area contributed by atoms with E-state index >= 15 is 0 Å². The molecule has 0 aliphatic carbocycles. The maximum absolute atomic E-state index is 13.0. The summed E-state index contributed by atoms with van der Waals surface area (Å²) in [5, 5.41) is 5.67. The normalized spacial score (nSPS) is 12.2. The topological polar surface area (TPSA) is 72.8 Å². The van der Waals surface area contributed by atoms with E-state index in [1.54, 1.807) is 12.3 Å². The fraction of sp³-hybridized carbons (Fsp3) is 0.353. The van der Waals surface area contributed by atoms with Gasteiger partial charge < -0.3 is 9.47 Å². The second kappa shape index (κ2) is 9.78. The fourth-order valence-corrected chi connectivity index (χ4v) is 2.75. The van der Waals surface area contributed by atoms with Crippen LogP contribution in [-0.2, 0) is 22.1 Å². The summed E-state index contributed by atoms with van der Waals surface area (Å²) in [4.78, 5) is 15.5. The summed E-state index contributed by atoms with van der Waals surface area (Å²) in [6.45, 7) is 0.0406. The number of aromatic nitrogens is 1. The summed E-state index contributed by atoms with van der Waals surface area (Å²) >= 11 is 1.12. The number of rotatable bonds is 8. The molecular formula is C17H15F6N3O3S. The number of anilines is 1. The molecule has 1 aromatic heterocycles. The monoisotopic (exact) mass is 455 g/mol. The van der Waals surface area contributed by atoms with Gasteiger partial charge in [0.15, 0.2) is 6.61 Å². The number of carbonyl (C=O) groups excluding carboxylic acids is 1. The number of ether oxygens (including phenoxy) is 2. The first-order chi connectivity index (χ1) is 14.0. The minimum absolute atomic E-state index is 0.0332. The zero-order valence-corrected chi connectivity index (χ0v) is 16.1. The molecule has 1 N–H and O–H groups in total. The summed E-state index contributed by atoms with van der Waals surface area (Å²) < 4.78 is 84.9. The van der Waals surface area contributed by atoms with Crippen molar-refractivity contribution in [1.29, 1.82) is 0 Å². The summed E-state index contributed by atoms with van der Waals surface area (Å²) in [7, 11) is 0. The van der Waals surface area contributed by atoms with Gasteiger partial charge in [-0.25, -0.2) is 4.98 Å². The van der Waals surface area contributed by atoms with Crippen molar-refractivity contribution in [2.75, 3.05) is 18.6 Å². The number of carbonyl (C=O) groups is 1. The molecule has 0 radical (unpaired) electrons. The predicted octanol–water partition coefficient (Wildman–Crippen LogP) is 4.65. The second-order valence-electron chi connectivity index (χ2n) is 5.65. The minimum atomic E-state index is -4.88. The first kappa shape index (κ1) is 23.4.